The Morgan fingerprint density at radius 3 is 2.75 bits per heavy atom. The largest absolute Gasteiger partial charge is 0.488 e. The monoisotopic (exact) mass is 461 g/mol. The number of carbonyl (C=O) groups excluding carboxylic acids is 1. The number of carboxylic acid groups (broad SMARTS) is 1. The van der Waals surface area contributed by atoms with Crippen molar-refractivity contribution >= 4 is 51.0 Å². The lowest BCUT2D eigenvalue weighted by atomic mass is 10.2. The summed E-state index contributed by atoms with van der Waals surface area (Å²) in [5.74, 6) is -0.755. The van der Waals surface area contributed by atoms with Crippen LogP contribution >= 0.6 is 27.7 Å². The number of carboxylic acids is 1. The Morgan fingerprint density at radius 2 is 2.00 bits per heavy atom. The maximum atomic E-state index is 11.7. The highest BCUT2D eigenvalue weighted by Gasteiger charge is 2.32. The van der Waals surface area contributed by atoms with E-state index in [9.17, 15) is 9.59 Å². The Kier molecular flexibility index (Phi) is 6.83. The molecule has 3 rings (SSSR count). The third-order valence-corrected chi connectivity index (χ3v) is 5.31. The van der Waals surface area contributed by atoms with Crippen LogP contribution in [0, 0.1) is 0 Å². The van der Waals surface area contributed by atoms with E-state index in [-0.39, 0.29) is 17.5 Å². The van der Waals surface area contributed by atoms with E-state index in [2.05, 4.69) is 31.4 Å². The SMILES string of the molecule is O=C(O)CC1S/C(=N/N=C/c2ccccc2OCc2ccc(Br)cc2)NC1=O. The first kappa shape index (κ1) is 20.1. The van der Waals surface area contributed by atoms with Crippen molar-refractivity contribution in [3.63, 3.8) is 0 Å². The van der Waals surface area contributed by atoms with Gasteiger partial charge in [-0.15, -0.1) is 5.10 Å². The van der Waals surface area contributed by atoms with Crippen LogP contribution in [0.5, 0.6) is 5.75 Å². The summed E-state index contributed by atoms with van der Waals surface area (Å²) in [6.45, 7) is 0.412. The number of para-hydroxylation sites is 1. The van der Waals surface area contributed by atoms with E-state index in [4.69, 9.17) is 9.84 Å². The van der Waals surface area contributed by atoms with Gasteiger partial charge in [-0.25, -0.2) is 0 Å². The summed E-state index contributed by atoms with van der Waals surface area (Å²) >= 11 is 4.46. The molecule has 2 aromatic rings. The number of benzene rings is 2. The lowest BCUT2D eigenvalue weighted by molar-refractivity contribution is -0.138. The number of rotatable bonds is 7. The molecule has 1 heterocycles. The number of nitrogens with zero attached hydrogens (tertiary/aromatic N) is 2. The first-order valence-electron chi connectivity index (χ1n) is 8.28. The standard InChI is InChI=1S/C19H16BrN3O4S/c20-14-7-5-12(6-8-14)11-27-15-4-2-1-3-13(15)10-21-23-19-22-18(26)16(28-19)9-17(24)25/h1-8,10,16H,9,11H2,(H,24,25)(H,22,23,26)/b21-10+. The summed E-state index contributed by atoms with van der Waals surface area (Å²) in [6.07, 6.45) is 1.27. The third kappa shape index (κ3) is 5.67. The van der Waals surface area contributed by atoms with Crippen molar-refractivity contribution in [3.05, 3.63) is 64.1 Å². The van der Waals surface area contributed by atoms with E-state index in [1.165, 1.54) is 6.21 Å². The highest BCUT2D eigenvalue weighted by Crippen LogP contribution is 2.23. The van der Waals surface area contributed by atoms with Gasteiger partial charge in [0.1, 0.15) is 17.6 Å². The van der Waals surface area contributed by atoms with Crippen LogP contribution in [0.25, 0.3) is 0 Å². The highest BCUT2D eigenvalue weighted by atomic mass is 79.9. The average molecular weight is 462 g/mol. The molecule has 1 amide bonds. The first-order chi connectivity index (χ1) is 13.5. The average Bonchev–Trinajstić information content (AvgIpc) is 3.01. The molecule has 0 saturated carbocycles. The molecule has 1 atom stereocenters. The highest BCUT2D eigenvalue weighted by molar-refractivity contribution is 9.10. The van der Waals surface area contributed by atoms with Crippen LogP contribution in [0.4, 0.5) is 0 Å². The first-order valence-corrected chi connectivity index (χ1v) is 9.95. The number of aliphatic carboxylic acids is 1. The van der Waals surface area contributed by atoms with E-state index < -0.39 is 11.2 Å². The maximum Gasteiger partial charge on any atom is 0.305 e. The molecule has 2 aromatic carbocycles. The fourth-order valence-corrected chi connectivity index (χ4v) is 3.53. The van der Waals surface area contributed by atoms with Crippen molar-refractivity contribution < 1.29 is 19.4 Å². The van der Waals surface area contributed by atoms with E-state index in [0.717, 1.165) is 27.4 Å². The molecule has 28 heavy (non-hydrogen) atoms. The van der Waals surface area contributed by atoms with Gasteiger partial charge < -0.3 is 15.2 Å². The molecular weight excluding hydrogens is 446 g/mol. The molecule has 1 aliphatic rings. The van der Waals surface area contributed by atoms with Gasteiger partial charge in [0.05, 0.1) is 12.6 Å². The van der Waals surface area contributed by atoms with Crippen LogP contribution in [0.1, 0.15) is 17.5 Å². The normalized spacial score (nSPS) is 17.8. The van der Waals surface area contributed by atoms with Crippen LogP contribution in [0.2, 0.25) is 0 Å². The molecule has 7 nitrogen and oxygen atoms in total. The van der Waals surface area contributed by atoms with Gasteiger partial charge >= 0.3 is 5.97 Å². The minimum atomic E-state index is -1.03. The van der Waals surface area contributed by atoms with E-state index in [1.807, 2.05) is 48.5 Å². The summed E-state index contributed by atoms with van der Waals surface area (Å²) in [5.41, 5.74) is 1.77. The molecule has 1 aliphatic heterocycles. The second-order valence-electron chi connectivity index (χ2n) is 5.80. The third-order valence-electron chi connectivity index (χ3n) is 3.71. The maximum absolute atomic E-state index is 11.7. The van der Waals surface area contributed by atoms with Crippen molar-refractivity contribution in [3.8, 4) is 5.75 Å². The molecule has 0 radical (unpaired) electrons. The van der Waals surface area contributed by atoms with Gasteiger partial charge in [0.25, 0.3) is 0 Å². The van der Waals surface area contributed by atoms with Gasteiger partial charge in [0.15, 0.2) is 5.17 Å². The summed E-state index contributed by atoms with van der Waals surface area (Å²) < 4.78 is 6.87. The van der Waals surface area contributed by atoms with Crippen LogP contribution < -0.4 is 10.1 Å². The van der Waals surface area contributed by atoms with Gasteiger partial charge in [0, 0.05) is 10.0 Å². The van der Waals surface area contributed by atoms with E-state index in [0.29, 0.717) is 12.4 Å². The minimum Gasteiger partial charge on any atom is -0.488 e. The molecule has 1 fully saturated rings. The Labute approximate surface area is 174 Å². The number of thioether (sulfide) groups is 1. The van der Waals surface area contributed by atoms with Gasteiger partial charge in [-0.3, -0.25) is 9.59 Å². The fourth-order valence-electron chi connectivity index (χ4n) is 2.35. The molecule has 1 unspecified atom stereocenters. The van der Waals surface area contributed by atoms with Gasteiger partial charge in [-0.2, -0.15) is 5.10 Å². The summed E-state index contributed by atoms with van der Waals surface area (Å²) in [4.78, 5) is 22.4. The van der Waals surface area contributed by atoms with Crippen LogP contribution in [0.15, 0.2) is 63.2 Å². The Hall–Kier alpha value is -2.65. The molecule has 0 spiro atoms. The molecule has 1 saturated heterocycles. The van der Waals surface area contributed by atoms with Gasteiger partial charge in [-0.05, 0) is 29.8 Å². The predicted octanol–water partition coefficient (Wildman–Crippen LogP) is 3.42. The lowest BCUT2D eigenvalue weighted by Gasteiger charge is -2.08. The van der Waals surface area contributed by atoms with Crippen molar-refractivity contribution in [1.82, 2.24) is 5.32 Å². The smallest absolute Gasteiger partial charge is 0.305 e. The van der Waals surface area contributed by atoms with E-state index >= 15 is 0 Å². The van der Waals surface area contributed by atoms with E-state index in [1.54, 1.807) is 0 Å². The van der Waals surface area contributed by atoms with Crippen molar-refractivity contribution in [2.75, 3.05) is 0 Å². The summed E-state index contributed by atoms with van der Waals surface area (Å²) in [7, 11) is 0. The van der Waals surface area contributed by atoms with Crippen molar-refractivity contribution in [2.45, 2.75) is 18.3 Å². The lowest BCUT2D eigenvalue weighted by Crippen LogP contribution is -2.26. The number of halogens is 1. The number of amidine groups is 1. The number of carbonyl (C=O) groups is 2. The Balaban J connectivity index is 1.63. The molecule has 0 aromatic heterocycles. The van der Waals surface area contributed by atoms with Gasteiger partial charge in [-0.1, -0.05) is 52.0 Å². The van der Waals surface area contributed by atoms with Crippen LogP contribution in [-0.4, -0.2) is 33.6 Å². The molecular formula is C19H16BrN3O4S. The Morgan fingerprint density at radius 1 is 1.25 bits per heavy atom. The number of hydrogen-bond donors (Lipinski definition) is 2. The topological polar surface area (TPSA) is 100 Å². The van der Waals surface area contributed by atoms with Crippen molar-refractivity contribution in [2.24, 2.45) is 10.2 Å². The quantitative estimate of drug-likeness (QED) is 0.485. The predicted molar refractivity (Wildman–Crippen MR) is 112 cm³/mol. The molecule has 0 bridgehead atoms. The molecule has 9 heteroatoms. The zero-order valence-corrected chi connectivity index (χ0v) is 16.9. The van der Waals surface area contributed by atoms with Crippen LogP contribution in [-0.2, 0) is 16.2 Å². The zero-order chi connectivity index (χ0) is 19.9. The summed E-state index contributed by atoms with van der Waals surface area (Å²) in [5, 5.41) is 18.9. The molecule has 0 aliphatic carbocycles. The second-order valence-corrected chi connectivity index (χ2v) is 7.90. The summed E-state index contributed by atoms with van der Waals surface area (Å²) in [6, 6.07) is 15.2. The molecule has 144 valence electrons. The van der Waals surface area contributed by atoms with Crippen LogP contribution in [0.3, 0.4) is 0 Å². The molecule has 2 N–H and O–H groups in total. The zero-order valence-electron chi connectivity index (χ0n) is 14.5. The van der Waals surface area contributed by atoms with Gasteiger partial charge in [0.2, 0.25) is 5.91 Å². The van der Waals surface area contributed by atoms with Crippen molar-refractivity contribution in [1.29, 1.82) is 0 Å². The number of amides is 1. The number of hydrogen-bond acceptors (Lipinski definition) is 6. The second kappa shape index (κ2) is 9.52. The number of nitrogens with one attached hydrogen (secondary N) is 1. The number of ether oxygens (including phenoxy) is 1. The Bertz CT molecular complexity index is 931. The fraction of sp³-hybridized carbons (Fsp3) is 0.158. The minimum absolute atomic E-state index is 0.258.